The lowest BCUT2D eigenvalue weighted by molar-refractivity contribution is 0.548. The maximum atomic E-state index is 12.0. The van der Waals surface area contributed by atoms with Crippen molar-refractivity contribution in [2.75, 3.05) is 5.75 Å². The van der Waals surface area contributed by atoms with Gasteiger partial charge in [-0.05, 0) is 31.4 Å². The van der Waals surface area contributed by atoms with Crippen molar-refractivity contribution in [3.8, 4) is 0 Å². The van der Waals surface area contributed by atoms with Crippen LogP contribution < -0.4 is 4.72 Å². The van der Waals surface area contributed by atoms with Crippen LogP contribution in [0.25, 0.3) is 0 Å². The highest BCUT2D eigenvalue weighted by Gasteiger charge is 2.20. The van der Waals surface area contributed by atoms with Crippen LogP contribution in [0, 0.1) is 0 Å². The fraction of sp³-hybridized carbons (Fsp3) is 0.600. The molecule has 0 aliphatic heterocycles. The zero-order valence-corrected chi connectivity index (χ0v) is 14.8. The van der Waals surface area contributed by atoms with Crippen LogP contribution in [0.15, 0.2) is 30.3 Å². The number of aryl methyl sites for hydroxylation is 1. The van der Waals surface area contributed by atoms with E-state index in [9.17, 15) is 8.42 Å². The van der Waals surface area contributed by atoms with Gasteiger partial charge >= 0.3 is 0 Å². The molecule has 1 N–H and O–H groups in total. The van der Waals surface area contributed by atoms with Crippen molar-refractivity contribution < 1.29 is 8.42 Å². The maximum Gasteiger partial charge on any atom is 0.211 e. The number of benzene rings is 1. The summed E-state index contributed by atoms with van der Waals surface area (Å²) in [4.78, 5) is 0. The first-order valence-corrected chi connectivity index (χ1v) is 12.6. The molecule has 0 amide bonds. The molecule has 0 spiro atoms. The van der Waals surface area contributed by atoms with Gasteiger partial charge in [0.15, 0.2) is 0 Å². The first-order chi connectivity index (χ1) is 9.18. The first kappa shape index (κ1) is 17.4. The summed E-state index contributed by atoms with van der Waals surface area (Å²) in [6, 6.07) is 11.0. The second-order valence-electron chi connectivity index (χ2n) is 6.67. The highest BCUT2D eigenvalue weighted by molar-refractivity contribution is 7.89. The van der Waals surface area contributed by atoms with Gasteiger partial charge in [0.1, 0.15) is 0 Å². The lowest BCUT2D eigenvalue weighted by atomic mass is 10.1. The Morgan fingerprint density at radius 1 is 1.15 bits per heavy atom. The molecule has 0 aliphatic carbocycles. The van der Waals surface area contributed by atoms with Crippen molar-refractivity contribution in [2.45, 2.75) is 51.5 Å². The van der Waals surface area contributed by atoms with E-state index in [-0.39, 0.29) is 11.8 Å². The molecular weight excluding hydrogens is 286 g/mol. The highest BCUT2D eigenvalue weighted by Crippen LogP contribution is 2.10. The topological polar surface area (TPSA) is 46.2 Å². The van der Waals surface area contributed by atoms with Crippen LogP contribution in [-0.2, 0) is 16.4 Å². The minimum absolute atomic E-state index is 0.0122. The average Bonchev–Trinajstić information content (AvgIpc) is 2.34. The molecule has 0 radical (unpaired) electrons. The molecule has 1 unspecified atom stereocenters. The fourth-order valence-electron chi connectivity index (χ4n) is 1.89. The Balaban J connectivity index is 2.39. The van der Waals surface area contributed by atoms with E-state index in [1.807, 2.05) is 25.1 Å². The van der Waals surface area contributed by atoms with Crippen LogP contribution >= 0.6 is 0 Å². The molecule has 1 rings (SSSR count). The smallest absolute Gasteiger partial charge is 0.211 e. The van der Waals surface area contributed by atoms with E-state index < -0.39 is 18.1 Å². The van der Waals surface area contributed by atoms with Crippen molar-refractivity contribution in [2.24, 2.45) is 0 Å². The summed E-state index contributed by atoms with van der Waals surface area (Å²) in [7, 11) is -4.44. The quantitative estimate of drug-likeness (QED) is 0.749. The molecule has 1 aromatic rings. The molecule has 3 nitrogen and oxygen atoms in total. The molecule has 0 saturated heterocycles. The SMILES string of the molecule is CC(CCc1ccccc1)NS(=O)(=O)CC[Si](C)(C)C. The van der Waals surface area contributed by atoms with E-state index in [4.69, 9.17) is 0 Å². The third-order valence-electron chi connectivity index (χ3n) is 3.21. The van der Waals surface area contributed by atoms with Gasteiger partial charge in [0, 0.05) is 14.1 Å². The monoisotopic (exact) mass is 313 g/mol. The van der Waals surface area contributed by atoms with Gasteiger partial charge in [0.05, 0.1) is 5.75 Å². The number of hydrogen-bond donors (Lipinski definition) is 1. The molecule has 1 atom stereocenters. The third kappa shape index (κ3) is 7.82. The standard InChI is InChI=1S/C15H27NO2SSi/c1-14(10-11-15-8-6-5-7-9-15)16-19(17,18)12-13-20(2,3)4/h5-9,14,16H,10-13H2,1-4H3. The van der Waals surface area contributed by atoms with Crippen LogP contribution in [0.3, 0.4) is 0 Å². The predicted molar refractivity (Wildman–Crippen MR) is 89.3 cm³/mol. The maximum absolute atomic E-state index is 12.0. The number of nitrogens with one attached hydrogen (secondary N) is 1. The molecule has 1 aromatic carbocycles. The van der Waals surface area contributed by atoms with Gasteiger partial charge in [0.2, 0.25) is 10.0 Å². The number of sulfonamides is 1. The van der Waals surface area contributed by atoms with Crippen LogP contribution in [0.2, 0.25) is 25.7 Å². The fourth-order valence-corrected chi connectivity index (χ4v) is 6.27. The third-order valence-corrected chi connectivity index (χ3v) is 6.83. The normalized spacial score (nSPS) is 14.2. The lowest BCUT2D eigenvalue weighted by Gasteiger charge is -2.18. The Labute approximate surface area is 124 Å². The van der Waals surface area contributed by atoms with E-state index in [2.05, 4.69) is 36.5 Å². The Kier molecular flexibility index (Phi) is 6.42. The van der Waals surface area contributed by atoms with Crippen LogP contribution in [0.1, 0.15) is 18.9 Å². The summed E-state index contributed by atoms with van der Waals surface area (Å²) in [5, 5.41) is 0. The van der Waals surface area contributed by atoms with E-state index in [1.165, 1.54) is 5.56 Å². The summed E-state index contributed by atoms with van der Waals surface area (Å²) in [6.07, 6.45) is 1.73. The molecule has 20 heavy (non-hydrogen) atoms. The average molecular weight is 314 g/mol. The summed E-state index contributed by atoms with van der Waals surface area (Å²) < 4.78 is 26.8. The van der Waals surface area contributed by atoms with E-state index in [0.717, 1.165) is 18.9 Å². The van der Waals surface area contributed by atoms with E-state index in [1.54, 1.807) is 0 Å². The minimum atomic E-state index is -3.13. The van der Waals surface area contributed by atoms with E-state index >= 15 is 0 Å². The molecular formula is C15H27NO2SSi. The molecule has 0 bridgehead atoms. The van der Waals surface area contributed by atoms with Gasteiger partial charge in [-0.1, -0.05) is 50.0 Å². The zero-order chi connectivity index (χ0) is 15.2. The van der Waals surface area contributed by atoms with Crippen molar-refractivity contribution >= 4 is 18.1 Å². The Hall–Kier alpha value is -0.653. The summed E-state index contributed by atoms with van der Waals surface area (Å²) >= 11 is 0. The second kappa shape index (κ2) is 7.38. The van der Waals surface area contributed by atoms with Crippen LogP contribution in [0.5, 0.6) is 0 Å². The van der Waals surface area contributed by atoms with Crippen molar-refractivity contribution in [1.82, 2.24) is 4.72 Å². The molecule has 0 aromatic heterocycles. The summed E-state index contributed by atoms with van der Waals surface area (Å²) in [5.74, 6) is 0.262. The lowest BCUT2D eigenvalue weighted by Crippen LogP contribution is -2.36. The molecule has 0 saturated carbocycles. The van der Waals surface area contributed by atoms with E-state index in [0.29, 0.717) is 0 Å². The Morgan fingerprint density at radius 2 is 1.75 bits per heavy atom. The van der Waals surface area contributed by atoms with Crippen LogP contribution in [-0.4, -0.2) is 28.3 Å². The Bertz CT molecular complexity index is 494. The van der Waals surface area contributed by atoms with Gasteiger partial charge in [0.25, 0.3) is 0 Å². The number of hydrogen-bond acceptors (Lipinski definition) is 2. The predicted octanol–water partition coefficient (Wildman–Crippen LogP) is 3.27. The van der Waals surface area contributed by atoms with Gasteiger partial charge in [-0.15, -0.1) is 0 Å². The largest absolute Gasteiger partial charge is 0.212 e. The van der Waals surface area contributed by atoms with Gasteiger partial charge in [-0.3, -0.25) is 0 Å². The molecule has 0 fully saturated rings. The molecule has 0 aliphatic rings. The van der Waals surface area contributed by atoms with Crippen molar-refractivity contribution in [3.63, 3.8) is 0 Å². The molecule has 114 valence electrons. The summed E-state index contributed by atoms with van der Waals surface area (Å²) in [5.41, 5.74) is 1.25. The van der Waals surface area contributed by atoms with Crippen LogP contribution in [0.4, 0.5) is 0 Å². The molecule has 0 heterocycles. The van der Waals surface area contributed by atoms with Crippen molar-refractivity contribution in [3.05, 3.63) is 35.9 Å². The highest BCUT2D eigenvalue weighted by atomic mass is 32.2. The summed E-state index contributed by atoms with van der Waals surface area (Å²) in [6.45, 7) is 8.53. The van der Waals surface area contributed by atoms with Gasteiger partial charge in [-0.2, -0.15) is 0 Å². The molecule has 5 heteroatoms. The minimum Gasteiger partial charge on any atom is -0.212 e. The Morgan fingerprint density at radius 3 is 2.30 bits per heavy atom. The first-order valence-electron chi connectivity index (χ1n) is 7.22. The zero-order valence-electron chi connectivity index (χ0n) is 13.0. The second-order valence-corrected chi connectivity index (χ2v) is 14.2. The van der Waals surface area contributed by atoms with Gasteiger partial charge in [-0.25, -0.2) is 13.1 Å². The van der Waals surface area contributed by atoms with Gasteiger partial charge < -0.3 is 0 Å². The van der Waals surface area contributed by atoms with Crippen molar-refractivity contribution in [1.29, 1.82) is 0 Å². The number of rotatable bonds is 8.